The topological polar surface area (TPSA) is 45.2 Å². The number of halogens is 1. The maximum Gasteiger partial charge on any atom is 0.255 e. The number of para-hydroxylation sites is 1. The summed E-state index contributed by atoms with van der Waals surface area (Å²) in [5.41, 5.74) is 1.06. The Bertz CT molecular complexity index is 774. The van der Waals surface area contributed by atoms with Crippen LogP contribution in [0.5, 0.6) is 0 Å². The summed E-state index contributed by atoms with van der Waals surface area (Å²) in [5.74, 6) is -0.123. The van der Waals surface area contributed by atoms with Crippen LogP contribution in [0.4, 0.5) is 0 Å². The number of piperidine rings is 1. The summed E-state index contributed by atoms with van der Waals surface area (Å²) >= 11 is 6.48. The summed E-state index contributed by atoms with van der Waals surface area (Å²) in [5, 5.41) is 4.56. The Kier molecular flexibility index (Phi) is 3.54. The van der Waals surface area contributed by atoms with Gasteiger partial charge in [-0.25, -0.2) is 0 Å². The molecule has 2 aliphatic rings. The maximum absolute atomic E-state index is 12.8. The second-order valence-corrected chi connectivity index (χ2v) is 7.06. The van der Waals surface area contributed by atoms with Gasteiger partial charge in [0, 0.05) is 17.6 Å². The van der Waals surface area contributed by atoms with Crippen LogP contribution in [0.2, 0.25) is 5.02 Å². The molecule has 1 aromatic heterocycles. The van der Waals surface area contributed by atoms with E-state index in [-0.39, 0.29) is 11.6 Å². The lowest BCUT2D eigenvalue weighted by molar-refractivity contribution is 0.0437. The first-order chi connectivity index (χ1) is 11.1. The molecule has 2 aromatic rings. The molecule has 4 rings (SSSR count). The van der Waals surface area contributed by atoms with Gasteiger partial charge in [-0.05, 0) is 45.2 Å². The molecular weight excluding hydrogens is 310 g/mol. The van der Waals surface area contributed by atoms with Crippen molar-refractivity contribution in [3.8, 4) is 0 Å². The minimum absolute atomic E-state index is 0.123. The lowest BCUT2D eigenvalue weighted by Gasteiger charge is -2.43. The number of benzene rings is 1. The summed E-state index contributed by atoms with van der Waals surface area (Å²) in [7, 11) is 2.12. The van der Waals surface area contributed by atoms with Crippen molar-refractivity contribution < 1.29 is 4.79 Å². The van der Waals surface area contributed by atoms with Crippen LogP contribution in [0.3, 0.4) is 0 Å². The van der Waals surface area contributed by atoms with Crippen LogP contribution in [0.15, 0.2) is 30.5 Å². The highest BCUT2D eigenvalue weighted by atomic mass is 35.5. The predicted molar refractivity (Wildman–Crippen MR) is 91.6 cm³/mol. The minimum atomic E-state index is -0.213. The molecule has 2 fully saturated rings. The van der Waals surface area contributed by atoms with Crippen LogP contribution in [0.1, 0.15) is 42.5 Å². The Balaban J connectivity index is 1.66. The first kappa shape index (κ1) is 14.9. The van der Waals surface area contributed by atoms with E-state index in [1.165, 1.54) is 12.8 Å². The fourth-order valence-electron chi connectivity index (χ4n) is 4.15. The number of aromatic nitrogens is 1. The average molecular weight is 330 g/mol. The molecule has 5 heteroatoms. The molecular formula is C18H20ClN3O. The first-order valence-corrected chi connectivity index (χ1v) is 8.57. The van der Waals surface area contributed by atoms with Gasteiger partial charge in [0.1, 0.15) is 0 Å². The van der Waals surface area contributed by atoms with Gasteiger partial charge in [0.15, 0.2) is 0 Å². The zero-order valence-electron chi connectivity index (χ0n) is 13.2. The Morgan fingerprint density at radius 3 is 3.04 bits per heavy atom. The molecule has 2 atom stereocenters. The third-order valence-corrected chi connectivity index (χ3v) is 5.95. The quantitative estimate of drug-likeness (QED) is 0.915. The summed E-state index contributed by atoms with van der Waals surface area (Å²) in [6, 6.07) is 8.22. The summed E-state index contributed by atoms with van der Waals surface area (Å²) < 4.78 is 0. The molecule has 1 aromatic carbocycles. The largest absolute Gasteiger partial charge is 0.334 e. The lowest BCUT2D eigenvalue weighted by atomic mass is 9.97. The summed E-state index contributed by atoms with van der Waals surface area (Å²) in [6.07, 6.45) is 7.15. The molecule has 23 heavy (non-hydrogen) atoms. The van der Waals surface area contributed by atoms with Crippen LogP contribution in [-0.2, 0) is 0 Å². The van der Waals surface area contributed by atoms with E-state index < -0.39 is 0 Å². The Labute approximate surface area is 140 Å². The van der Waals surface area contributed by atoms with E-state index in [1.54, 1.807) is 6.20 Å². The number of nitrogens with one attached hydrogen (secondary N) is 1. The molecule has 2 saturated heterocycles. The highest BCUT2D eigenvalue weighted by molar-refractivity contribution is 6.38. The number of pyridine rings is 1. The lowest BCUT2D eigenvalue weighted by Crippen LogP contribution is -2.59. The van der Waals surface area contributed by atoms with Crippen molar-refractivity contribution in [3.63, 3.8) is 0 Å². The number of nitrogens with zero attached hydrogens (tertiary/aromatic N) is 2. The standard InChI is InChI=1S/C18H20ClN3O/c1-22-12-5-4-9-18(22,10-8-12)21-17(23)14-11-20-15-7-3-2-6-13(15)16(14)19/h2-3,6-7,11-12H,4-5,8-10H2,1H3,(H,21,23). The Morgan fingerprint density at radius 2 is 2.17 bits per heavy atom. The minimum Gasteiger partial charge on any atom is -0.334 e. The summed E-state index contributed by atoms with van der Waals surface area (Å²) in [6.45, 7) is 0. The average Bonchev–Trinajstić information content (AvgIpc) is 2.74. The van der Waals surface area contributed by atoms with Gasteiger partial charge in [-0.2, -0.15) is 0 Å². The van der Waals surface area contributed by atoms with Crippen molar-refractivity contribution in [2.75, 3.05) is 7.05 Å². The maximum atomic E-state index is 12.8. The van der Waals surface area contributed by atoms with Gasteiger partial charge in [0.05, 0.1) is 21.8 Å². The number of carbonyl (C=O) groups is 1. The number of rotatable bonds is 2. The molecule has 1 amide bonds. The number of fused-ring (bicyclic) bond motifs is 3. The van der Waals surface area contributed by atoms with E-state index in [2.05, 4.69) is 22.2 Å². The Morgan fingerprint density at radius 1 is 1.35 bits per heavy atom. The molecule has 0 spiro atoms. The molecule has 0 aliphatic carbocycles. The molecule has 3 heterocycles. The van der Waals surface area contributed by atoms with Gasteiger partial charge in [0.25, 0.3) is 5.91 Å². The molecule has 2 aliphatic heterocycles. The molecule has 1 N–H and O–H groups in total. The van der Waals surface area contributed by atoms with Crippen LogP contribution in [0, 0.1) is 0 Å². The van der Waals surface area contributed by atoms with Crippen molar-refractivity contribution in [2.45, 2.75) is 43.8 Å². The smallest absolute Gasteiger partial charge is 0.255 e. The second kappa shape index (κ2) is 5.46. The third-order valence-electron chi connectivity index (χ3n) is 5.54. The normalized spacial score (nSPS) is 27.3. The molecule has 0 radical (unpaired) electrons. The molecule has 4 nitrogen and oxygen atoms in total. The van der Waals surface area contributed by atoms with Crippen LogP contribution >= 0.6 is 11.6 Å². The van der Waals surface area contributed by atoms with E-state index in [4.69, 9.17) is 11.6 Å². The van der Waals surface area contributed by atoms with E-state index >= 15 is 0 Å². The summed E-state index contributed by atoms with van der Waals surface area (Å²) in [4.78, 5) is 19.6. The second-order valence-electron chi connectivity index (χ2n) is 6.68. The van der Waals surface area contributed by atoms with E-state index in [0.29, 0.717) is 16.6 Å². The van der Waals surface area contributed by atoms with Gasteiger partial charge < -0.3 is 5.32 Å². The van der Waals surface area contributed by atoms with Crippen molar-refractivity contribution in [1.29, 1.82) is 0 Å². The van der Waals surface area contributed by atoms with Crippen LogP contribution in [-0.4, -0.2) is 34.5 Å². The number of hydrogen-bond acceptors (Lipinski definition) is 3. The number of carbonyl (C=O) groups excluding carboxylic acids is 1. The van der Waals surface area contributed by atoms with Crippen LogP contribution < -0.4 is 5.32 Å². The van der Waals surface area contributed by atoms with Gasteiger partial charge in [-0.3, -0.25) is 14.7 Å². The molecule has 2 unspecified atom stereocenters. The van der Waals surface area contributed by atoms with Crippen molar-refractivity contribution >= 4 is 28.4 Å². The zero-order chi connectivity index (χ0) is 16.0. The fraction of sp³-hybridized carbons (Fsp3) is 0.444. The van der Waals surface area contributed by atoms with Gasteiger partial charge >= 0.3 is 0 Å². The zero-order valence-corrected chi connectivity index (χ0v) is 13.9. The monoisotopic (exact) mass is 329 g/mol. The van der Waals surface area contributed by atoms with Crippen LogP contribution in [0.25, 0.3) is 10.9 Å². The molecule has 120 valence electrons. The van der Waals surface area contributed by atoms with Crippen molar-refractivity contribution in [2.24, 2.45) is 0 Å². The highest BCUT2D eigenvalue weighted by Crippen LogP contribution is 2.41. The SMILES string of the molecule is CN1C2CCCC1(NC(=O)c1cnc3ccccc3c1Cl)CC2. The van der Waals surface area contributed by atoms with E-state index in [0.717, 1.165) is 30.2 Å². The highest BCUT2D eigenvalue weighted by Gasteiger charge is 2.47. The number of hydrogen-bond donors (Lipinski definition) is 1. The predicted octanol–water partition coefficient (Wildman–Crippen LogP) is 3.59. The molecule has 2 bridgehead atoms. The Hall–Kier alpha value is -1.65. The van der Waals surface area contributed by atoms with Crippen molar-refractivity contribution in [1.82, 2.24) is 15.2 Å². The first-order valence-electron chi connectivity index (χ1n) is 8.19. The van der Waals surface area contributed by atoms with E-state index in [1.807, 2.05) is 24.3 Å². The van der Waals surface area contributed by atoms with Gasteiger partial charge in [-0.1, -0.05) is 29.8 Å². The molecule has 0 saturated carbocycles. The third kappa shape index (κ3) is 2.32. The van der Waals surface area contributed by atoms with E-state index in [9.17, 15) is 4.79 Å². The van der Waals surface area contributed by atoms with Crippen molar-refractivity contribution in [3.05, 3.63) is 41.0 Å². The van der Waals surface area contributed by atoms with Gasteiger partial charge in [-0.15, -0.1) is 0 Å². The van der Waals surface area contributed by atoms with Gasteiger partial charge in [0.2, 0.25) is 0 Å². The fourth-order valence-corrected chi connectivity index (χ4v) is 4.45. The number of amides is 1.